The van der Waals surface area contributed by atoms with Crippen LogP contribution in [0.5, 0.6) is 0 Å². The lowest BCUT2D eigenvalue weighted by Crippen LogP contribution is -2.28. The van der Waals surface area contributed by atoms with E-state index in [4.69, 9.17) is 0 Å². The van der Waals surface area contributed by atoms with Crippen molar-refractivity contribution in [3.8, 4) is 0 Å². The van der Waals surface area contributed by atoms with E-state index in [0.717, 1.165) is 11.3 Å². The quantitative estimate of drug-likeness (QED) is 0.392. The number of aryl methyl sites for hydroxylation is 1. The van der Waals surface area contributed by atoms with Crippen LogP contribution in [-0.2, 0) is 11.3 Å². The minimum atomic E-state index is -0.365. The molecular formula is C23H25N5O2S. The van der Waals surface area contributed by atoms with Gasteiger partial charge in [0, 0.05) is 17.8 Å². The van der Waals surface area contributed by atoms with Gasteiger partial charge in [-0.2, -0.15) is 0 Å². The SMILES string of the molecule is C=CCn1c(SCC(=O)Nc2cccc(C)c2)nnc1[C@H](C)NC(=O)c1ccccc1. The summed E-state index contributed by atoms with van der Waals surface area (Å²) in [4.78, 5) is 24.8. The van der Waals surface area contributed by atoms with Crippen LogP contribution in [0.1, 0.15) is 34.7 Å². The number of carbonyl (C=O) groups excluding carboxylic acids is 2. The summed E-state index contributed by atoms with van der Waals surface area (Å²) in [6, 6.07) is 16.3. The van der Waals surface area contributed by atoms with Gasteiger partial charge in [-0.25, -0.2) is 0 Å². The molecule has 2 amide bonds. The molecule has 31 heavy (non-hydrogen) atoms. The first-order valence-electron chi connectivity index (χ1n) is 9.87. The van der Waals surface area contributed by atoms with Crippen molar-refractivity contribution in [2.45, 2.75) is 31.6 Å². The summed E-state index contributed by atoms with van der Waals surface area (Å²) in [5.74, 6) is 0.475. The van der Waals surface area contributed by atoms with Crippen LogP contribution in [0, 0.1) is 6.92 Å². The zero-order valence-corrected chi connectivity index (χ0v) is 18.4. The first-order valence-corrected chi connectivity index (χ1v) is 10.9. The van der Waals surface area contributed by atoms with Crippen LogP contribution in [0.4, 0.5) is 5.69 Å². The smallest absolute Gasteiger partial charge is 0.251 e. The lowest BCUT2D eigenvalue weighted by Gasteiger charge is -2.15. The van der Waals surface area contributed by atoms with E-state index >= 15 is 0 Å². The van der Waals surface area contributed by atoms with E-state index in [1.165, 1.54) is 11.8 Å². The van der Waals surface area contributed by atoms with E-state index in [2.05, 4.69) is 27.4 Å². The summed E-state index contributed by atoms with van der Waals surface area (Å²) < 4.78 is 1.85. The Balaban J connectivity index is 1.66. The third kappa shape index (κ3) is 6.05. The van der Waals surface area contributed by atoms with E-state index < -0.39 is 0 Å². The molecule has 1 heterocycles. The van der Waals surface area contributed by atoms with E-state index in [0.29, 0.717) is 23.1 Å². The topological polar surface area (TPSA) is 88.9 Å². The molecule has 2 N–H and O–H groups in total. The van der Waals surface area contributed by atoms with E-state index in [1.54, 1.807) is 18.2 Å². The largest absolute Gasteiger partial charge is 0.342 e. The molecule has 0 aliphatic carbocycles. The summed E-state index contributed by atoms with van der Waals surface area (Å²) >= 11 is 1.29. The van der Waals surface area contributed by atoms with Crippen molar-refractivity contribution in [2.75, 3.05) is 11.1 Å². The highest BCUT2D eigenvalue weighted by Gasteiger charge is 2.20. The Morgan fingerprint density at radius 1 is 1.16 bits per heavy atom. The molecule has 0 saturated heterocycles. The molecule has 7 nitrogen and oxygen atoms in total. The van der Waals surface area contributed by atoms with Crippen molar-refractivity contribution in [2.24, 2.45) is 0 Å². The van der Waals surface area contributed by atoms with E-state index in [9.17, 15) is 9.59 Å². The van der Waals surface area contributed by atoms with Gasteiger partial charge in [-0.3, -0.25) is 9.59 Å². The number of nitrogens with zero attached hydrogens (tertiary/aromatic N) is 3. The number of anilines is 1. The molecule has 0 saturated carbocycles. The Morgan fingerprint density at radius 3 is 2.65 bits per heavy atom. The molecule has 0 fully saturated rings. The van der Waals surface area contributed by atoms with Gasteiger partial charge in [-0.05, 0) is 43.7 Å². The summed E-state index contributed by atoms with van der Waals surface area (Å²) in [6.07, 6.45) is 1.73. The predicted molar refractivity (Wildman–Crippen MR) is 123 cm³/mol. The fourth-order valence-electron chi connectivity index (χ4n) is 3.01. The monoisotopic (exact) mass is 435 g/mol. The standard InChI is InChI=1S/C23H25N5O2S/c1-4-13-28-21(17(3)24-22(30)18-10-6-5-7-11-18)26-27-23(28)31-15-20(29)25-19-12-8-9-16(2)14-19/h4-12,14,17H,1,13,15H2,2-3H3,(H,24,30)(H,25,29)/t17-/m0/s1. The van der Waals surface area contributed by atoms with Gasteiger partial charge in [0.15, 0.2) is 11.0 Å². The molecule has 0 radical (unpaired) electrons. The predicted octanol–water partition coefficient (Wildman–Crippen LogP) is 3.99. The van der Waals surface area contributed by atoms with Gasteiger partial charge in [0.25, 0.3) is 5.91 Å². The summed E-state index contributed by atoms with van der Waals surface area (Å²) in [7, 11) is 0. The van der Waals surface area contributed by atoms with Crippen LogP contribution in [0.2, 0.25) is 0 Å². The highest BCUT2D eigenvalue weighted by atomic mass is 32.2. The lowest BCUT2D eigenvalue weighted by molar-refractivity contribution is -0.113. The summed E-state index contributed by atoms with van der Waals surface area (Å²) in [5, 5.41) is 14.9. The van der Waals surface area contributed by atoms with Crippen molar-refractivity contribution in [3.05, 3.63) is 84.2 Å². The second-order valence-electron chi connectivity index (χ2n) is 7.01. The summed E-state index contributed by atoms with van der Waals surface area (Å²) in [5.41, 5.74) is 2.41. The number of allylic oxidation sites excluding steroid dienone is 1. The normalized spacial score (nSPS) is 11.5. The molecule has 3 rings (SSSR count). The van der Waals surface area contributed by atoms with Gasteiger partial charge < -0.3 is 15.2 Å². The third-order valence-corrected chi connectivity index (χ3v) is 5.43. The third-order valence-electron chi connectivity index (χ3n) is 4.46. The first kappa shape index (κ1) is 22.3. The Kier molecular flexibility index (Phi) is 7.61. The van der Waals surface area contributed by atoms with Crippen molar-refractivity contribution >= 4 is 29.3 Å². The maximum absolute atomic E-state index is 12.5. The highest BCUT2D eigenvalue weighted by Crippen LogP contribution is 2.21. The number of hydrogen-bond acceptors (Lipinski definition) is 5. The fraction of sp³-hybridized carbons (Fsp3) is 0.217. The van der Waals surface area contributed by atoms with Crippen LogP contribution in [0.3, 0.4) is 0 Å². The van der Waals surface area contributed by atoms with Crippen LogP contribution >= 0.6 is 11.8 Å². The molecule has 0 aliphatic heterocycles. The second-order valence-corrected chi connectivity index (χ2v) is 7.95. The van der Waals surface area contributed by atoms with Gasteiger partial charge in [0.05, 0.1) is 11.8 Å². The molecule has 160 valence electrons. The number of aromatic nitrogens is 3. The Bertz CT molecular complexity index is 1060. The summed E-state index contributed by atoms with van der Waals surface area (Å²) in [6.45, 7) is 8.08. The molecule has 8 heteroatoms. The minimum Gasteiger partial charge on any atom is -0.342 e. The van der Waals surface area contributed by atoms with E-state index in [1.807, 2.05) is 60.9 Å². The Morgan fingerprint density at radius 2 is 1.94 bits per heavy atom. The minimum absolute atomic E-state index is 0.129. The molecule has 1 aromatic heterocycles. The fourth-order valence-corrected chi connectivity index (χ4v) is 3.77. The zero-order valence-electron chi connectivity index (χ0n) is 17.5. The number of nitrogens with one attached hydrogen (secondary N) is 2. The molecule has 3 aromatic rings. The maximum Gasteiger partial charge on any atom is 0.251 e. The first-order chi connectivity index (χ1) is 15.0. The molecule has 0 aliphatic rings. The lowest BCUT2D eigenvalue weighted by atomic mass is 10.2. The Hall–Kier alpha value is -3.39. The molecule has 2 aromatic carbocycles. The zero-order chi connectivity index (χ0) is 22.2. The van der Waals surface area contributed by atoms with Crippen LogP contribution in [-0.4, -0.2) is 32.3 Å². The molecule has 0 unspecified atom stereocenters. The number of rotatable bonds is 9. The van der Waals surface area contributed by atoms with Gasteiger partial charge in [-0.15, -0.1) is 16.8 Å². The van der Waals surface area contributed by atoms with Crippen LogP contribution in [0.25, 0.3) is 0 Å². The van der Waals surface area contributed by atoms with E-state index in [-0.39, 0.29) is 23.6 Å². The average molecular weight is 436 g/mol. The Labute approximate surface area is 186 Å². The van der Waals surface area contributed by atoms with Crippen molar-refractivity contribution in [1.29, 1.82) is 0 Å². The van der Waals surface area contributed by atoms with Gasteiger partial charge in [0.1, 0.15) is 0 Å². The number of amides is 2. The number of carbonyl (C=O) groups is 2. The van der Waals surface area contributed by atoms with Crippen LogP contribution < -0.4 is 10.6 Å². The number of thioether (sulfide) groups is 1. The molecular weight excluding hydrogens is 410 g/mol. The molecule has 0 bridgehead atoms. The number of hydrogen-bond donors (Lipinski definition) is 2. The van der Waals surface area contributed by atoms with Gasteiger partial charge in [-0.1, -0.05) is 48.2 Å². The molecule has 1 atom stereocenters. The van der Waals surface area contributed by atoms with Gasteiger partial charge >= 0.3 is 0 Å². The van der Waals surface area contributed by atoms with Crippen molar-refractivity contribution in [3.63, 3.8) is 0 Å². The second kappa shape index (κ2) is 10.6. The maximum atomic E-state index is 12.5. The van der Waals surface area contributed by atoms with Crippen molar-refractivity contribution < 1.29 is 9.59 Å². The highest BCUT2D eigenvalue weighted by molar-refractivity contribution is 7.99. The van der Waals surface area contributed by atoms with Crippen molar-refractivity contribution in [1.82, 2.24) is 20.1 Å². The van der Waals surface area contributed by atoms with Crippen LogP contribution in [0.15, 0.2) is 72.4 Å². The molecule has 0 spiro atoms. The number of benzene rings is 2. The van der Waals surface area contributed by atoms with Gasteiger partial charge in [0.2, 0.25) is 5.91 Å². The average Bonchev–Trinajstić information content (AvgIpc) is 3.16.